The monoisotopic (exact) mass is 320 g/mol. The molecule has 0 spiro atoms. The smallest absolute Gasteiger partial charge is 0.171 e. The summed E-state index contributed by atoms with van der Waals surface area (Å²) >= 11 is 5.25. The summed E-state index contributed by atoms with van der Waals surface area (Å²) in [5.74, 6) is 0.399. The van der Waals surface area contributed by atoms with Crippen molar-refractivity contribution in [1.29, 1.82) is 0 Å². The molecule has 4 nitrogen and oxygen atoms in total. The van der Waals surface area contributed by atoms with Gasteiger partial charge in [0.15, 0.2) is 14.9 Å². The zero-order valence-corrected chi connectivity index (χ0v) is 13.0. The molecule has 110 valence electrons. The van der Waals surface area contributed by atoms with Gasteiger partial charge in [0.1, 0.15) is 0 Å². The van der Waals surface area contributed by atoms with Gasteiger partial charge < -0.3 is 10.6 Å². The predicted octanol–water partition coefficient (Wildman–Crippen LogP) is 2.31. The van der Waals surface area contributed by atoms with Crippen LogP contribution in [0.1, 0.15) is 6.42 Å². The fraction of sp³-hybridized carbons (Fsp3) is 0.267. The second-order valence-electron chi connectivity index (χ2n) is 5.26. The van der Waals surface area contributed by atoms with Crippen molar-refractivity contribution in [3.63, 3.8) is 0 Å². The van der Waals surface area contributed by atoms with Gasteiger partial charge >= 0.3 is 0 Å². The molecule has 2 aromatic rings. The maximum atomic E-state index is 11.4. The number of thiocarbonyl (C=S) groups is 1. The molecule has 0 aliphatic carbocycles. The van der Waals surface area contributed by atoms with Crippen LogP contribution < -0.4 is 10.6 Å². The normalized spacial score (nSPS) is 20.3. The Bertz CT molecular complexity index is 787. The van der Waals surface area contributed by atoms with Crippen LogP contribution in [0.2, 0.25) is 0 Å². The highest BCUT2D eigenvalue weighted by molar-refractivity contribution is 7.91. The lowest BCUT2D eigenvalue weighted by Gasteiger charge is -2.15. The quantitative estimate of drug-likeness (QED) is 0.832. The molecule has 0 bridgehead atoms. The Morgan fingerprint density at radius 3 is 2.62 bits per heavy atom. The standard InChI is InChI=1S/C15H16N2O2S2/c18-21(19)8-7-14(10-21)17-15(20)16-13-6-5-11-3-1-2-4-12(11)9-13/h1-6,9,14H,7-8,10H2,(H2,16,17,20)/t14-/m0/s1. The molecule has 1 fully saturated rings. The van der Waals surface area contributed by atoms with Crippen LogP contribution >= 0.6 is 12.2 Å². The Kier molecular flexibility index (Phi) is 3.82. The lowest BCUT2D eigenvalue weighted by Crippen LogP contribution is -2.38. The zero-order chi connectivity index (χ0) is 14.9. The second-order valence-corrected chi connectivity index (χ2v) is 7.90. The average Bonchev–Trinajstić information content (AvgIpc) is 2.77. The van der Waals surface area contributed by atoms with Crippen LogP contribution in [0.4, 0.5) is 5.69 Å². The number of fused-ring (bicyclic) bond motifs is 1. The van der Waals surface area contributed by atoms with Gasteiger partial charge in [0.25, 0.3) is 0 Å². The predicted molar refractivity (Wildman–Crippen MR) is 90.4 cm³/mol. The van der Waals surface area contributed by atoms with Crippen LogP contribution in [0.5, 0.6) is 0 Å². The van der Waals surface area contributed by atoms with E-state index >= 15 is 0 Å². The Labute approximate surface area is 129 Å². The molecule has 1 aliphatic heterocycles. The van der Waals surface area contributed by atoms with E-state index in [0.717, 1.165) is 11.1 Å². The Morgan fingerprint density at radius 1 is 1.14 bits per heavy atom. The maximum absolute atomic E-state index is 11.4. The van der Waals surface area contributed by atoms with E-state index < -0.39 is 9.84 Å². The number of hydrogen-bond donors (Lipinski definition) is 2. The third-order valence-corrected chi connectivity index (χ3v) is 5.56. The minimum absolute atomic E-state index is 0.0875. The molecule has 1 aliphatic rings. The van der Waals surface area contributed by atoms with E-state index in [0.29, 0.717) is 11.5 Å². The van der Waals surface area contributed by atoms with Crippen molar-refractivity contribution in [3.05, 3.63) is 42.5 Å². The van der Waals surface area contributed by atoms with E-state index in [4.69, 9.17) is 12.2 Å². The fourth-order valence-corrected chi connectivity index (χ4v) is 4.49. The number of benzene rings is 2. The summed E-state index contributed by atoms with van der Waals surface area (Å²) in [5.41, 5.74) is 0.895. The lowest BCUT2D eigenvalue weighted by molar-refractivity contribution is 0.600. The summed E-state index contributed by atoms with van der Waals surface area (Å²) in [7, 11) is -2.89. The van der Waals surface area contributed by atoms with Gasteiger partial charge in [0.2, 0.25) is 0 Å². The SMILES string of the molecule is O=S1(=O)CC[C@H](NC(=S)Nc2ccc3ccccc3c2)C1. The molecule has 1 heterocycles. The van der Waals surface area contributed by atoms with E-state index in [1.165, 1.54) is 5.39 Å². The Hall–Kier alpha value is -1.66. The maximum Gasteiger partial charge on any atom is 0.171 e. The van der Waals surface area contributed by atoms with E-state index in [2.05, 4.69) is 16.7 Å². The molecular weight excluding hydrogens is 304 g/mol. The highest BCUT2D eigenvalue weighted by Crippen LogP contribution is 2.19. The van der Waals surface area contributed by atoms with Gasteiger partial charge in [0.05, 0.1) is 11.5 Å². The first kappa shape index (κ1) is 14.3. The Balaban J connectivity index is 1.66. The van der Waals surface area contributed by atoms with Gasteiger partial charge in [0, 0.05) is 11.7 Å². The lowest BCUT2D eigenvalue weighted by atomic mass is 10.1. The summed E-state index contributed by atoms with van der Waals surface area (Å²) < 4.78 is 22.8. The highest BCUT2D eigenvalue weighted by Gasteiger charge is 2.28. The number of nitrogens with one attached hydrogen (secondary N) is 2. The van der Waals surface area contributed by atoms with E-state index in [-0.39, 0.29) is 17.5 Å². The fourth-order valence-electron chi connectivity index (χ4n) is 2.53. The second kappa shape index (κ2) is 5.61. The topological polar surface area (TPSA) is 58.2 Å². The third kappa shape index (κ3) is 3.51. The first-order valence-electron chi connectivity index (χ1n) is 6.79. The van der Waals surface area contributed by atoms with Gasteiger partial charge in [-0.15, -0.1) is 0 Å². The summed E-state index contributed by atoms with van der Waals surface area (Å²) in [4.78, 5) is 0. The molecule has 1 atom stereocenters. The largest absolute Gasteiger partial charge is 0.359 e. The molecule has 2 N–H and O–H groups in total. The zero-order valence-electron chi connectivity index (χ0n) is 11.4. The van der Waals surface area contributed by atoms with Gasteiger partial charge in [-0.2, -0.15) is 0 Å². The van der Waals surface area contributed by atoms with Crippen LogP contribution in [0.3, 0.4) is 0 Å². The molecule has 3 rings (SSSR count). The third-order valence-electron chi connectivity index (χ3n) is 3.57. The summed E-state index contributed by atoms with van der Waals surface area (Å²) in [6, 6.07) is 14.0. The van der Waals surface area contributed by atoms with Crippen LogP contribution in [-0.4, -0.2) is 31.1 Å². The summed E-state index contributed by atoms with van der Waals surface area (Å²) in [6.07, 6.45) is 0.613. The molecule has 21 heavy (non-hydrogen) atoms. The Morgan fingerprint density at radius 2 is 1.90 bits per heavy atom. The van der Waals surface area contributed by atoms with Gasteiger partial charge in [-0.05, 0) is 41.5 Å². The highest BCUT2D eigenvalue weighted by atomic mass is 32.2. The van der Waals surface area contributed by atoms with Gasteiger partial charge in [-0.25, -0.2) is 8.42 Å². The number of anilines is 1. The van der Waals surface area contributed by atoms with Crippen LogP contribution in [0.25, 0.3) is 10.8 Å². The minimum atomic E-state index is -2.89. The first-order valence-corrected chi connectivity index (χ1v) is 9.01. The molecule has 0 radical (unpaired) electrons. The molecule has 2 aromatic carbocycles. The van der Waals surface area contributed by atoms with Crippen LogP contribution in [0.15, 0.2) is 42.5 Å². The van der Waals surface area contributed by atoms with E-state index in [1.54, 1.807) is 0 Å². The molecule has 0 unspecified atom stereocenters. The van der Waals surface area contributed by atoms with Crippen molar-refractivity contribution < 1.29 is 8.42 Å². The molecule has 1 saturated heterocycles. The van der Waals surface area contributed by atoms with Crippen molar-refractivity contribution in [2.24, 2.45) is 0 Å². The number of sulfone groups is 1. The summed E-state index contributed by atoms with van der Waals surface area (Å²) in [6.45, 7) is 0. The summed E-state index contributed by atoms with van der Waals surface area (Å²) in [5, 5.41) is 8.95. The van der Waals surface area contributed by atoms with Crippen molar-refractivity contribution in [2.75, 3.05) is 16.8 Å². The van der Waals surface area contributed by atoms with Gasteiger partial charge in [-0.3, -0.25) is 0 Å². The molecular formula is C15H16N2O2S2. The average molecular weight is 320 g/mol. The van der Waals surface area contributed by atoms with Crippen LogP contribution in [0, 0.1) is 0 Å². The number of rotatable bonds is 2. The molecule has 0 aromatic heterocycles. The van der Waals surface area contributed by atoms with Crippen molar-refractivity contribution in [1.82, 2.24) is 5.32 Å². The first-order chi connectivity index (χ1) is 10.0. The van der Waals surface area contributed by atoms with Crippen molar-refractivity contribution in [3.8, 4) is 0 Å². The van der Waals surface area contributed by atoms with Crippen molar-refractivity contribution in [2.45, 2.75) is 12.5 Å². The van der Waals surface area contributed by atoms with Crippen molar-refractivity contribution >= 4 is 43.6 Å². The van der Waals surface area contributed by atoms with Gasteiger partial charge in [-0.1, -0.05) is 30.3 Å². The van der Waals surface area contributed by atoms with Crippen LogP contribution in [-0.2, 0) is 9.84 Å². The molecule has 0 amide bonds. The molecule has 6 heteroatoms. The minimum Gasteiger partial charge on any atom is -0.359 e. The van der Waals surface area contributed by atoms with E-state index in [9.17, 15) is 8.42 Å². The number of hydrogen-bond acceptors (Lipinski definition) is 3. The van der Waals surface area contributed by atoms with E-state index in [1.807, 2.05) is 36.4 Å². The molecule has 0 saturated carbocycles.